The first kappa shape index (κ1) is 13.4. The molecule has 1 aliphatic rings. The number of amides is 1. The van der Waals surface area contributed by atoms with Gasteiger partial charge in [-0.3, -0.25) is 4.79 Å². The van der Waals surface area contributed by atoms with Crippen LogP contribution < -0.4 is 15.5 Å². The Kier molecular flexibility index (Phi) is 3.48. The summed E-state index contributed by atoms with van der Waals surface area (Å²) in [6.45, 7) is 1.61. The summed E-state index contributed by atoms with van der Waals surface area (Å²) in [5.74, 6) is -0.447. The Balaban J connectivity index is 1.93. The fraction of sp³-hybridized carbons (Fsp3) is 0.188. The summed E-state index contributed by atoms with van der Waals surface area (Å²) in [6.07, 6.45) is 0. The maximum atomic E-state index is 13.0. The van der Waals surface area contributed by atoms with Gasteiger partial charge in [0, 0.05) is 25.8 Å². The van der Waals surface area contributed by atoms with Gasteiger partial charge in [0.2, 0.25) is 0 Å². The van der Waals surface area contributed by atoms with E-state index in [0.717, 1.165) is 24.5 Å². The number of nitrogens with zero attached hydrogens (tertiary/aromatic N) is 1. The number of carbonyl (C=O) groups is 1. The lowest BCUT2D eigenvalue weighted by Crippen LogP contribution is -2.29. The van der Waals surface area contributed by atoms with Crippen molar-refractivity contribution >= 4 is 23.0 Å². The molecule has 1 amide bonds. The fourth-order valence-electron chi connectivity index (χ4n) is 2.42. The predicted molar refractivity (Wildman–Crippen MR) is 82.6 cm³/mol. The number of carbonyl (C=O) groups excluding carboxylic acids is 1. The minimum atomic E-state index is -0.317. The van der Waals surface area contributed by atoms with E-state index < -0.39 is 0 Å². The van der Waals surface area contributed by atoms with E-state index in [2.05, 4.69) is 10.6 Å². The number of fused-ring (bicyclic) bond motifs is 1. The topological polar surface area (TPSA) is 44.4 Å². The molecule has 3 rings (SSSR count). The van der Waals surface area contributed by atoms with Crippen molar-refractivity contribution in [1.82, 2.24) is 0 Å². The molecule has 0 saturated carbocycles. The first-order chi connectivity index (χ1) is 10.2. The average molecular weight is 285 g/mol. The van der Waals surface area contributed by atoms with Crippen molar-refractivity contribution in [2.24, 2.45) is 0 Å². The van der Waals surface area contributed by atoms with Crippen LogP contribution in [0, 0.1) is 5.82 Å². The standard InChI is InChI=1S/C16H16FN3O/c1-20(12-7-5-11(17)6-8-12)16(21)13-3-2-4-14-15(13)19-10-9-18-14/h2-8,18-19H,9-10H2,1H3. The van der Waals surface area contributed by atoms with Crippen LogP contribution in [0.5, 0.6) is 0 Å². The van der Waals surface area contributed by atoms with E-state index in [1.54, 1.807) is 25.2 Å². The van der Waals surface area contributed by atoms with E-state index >= 15 is 0 Å². The van der Waals surface area contributed by atoms with Gasteiger partial charge in [0.05, 0.1) is 16.9 Å². The molecule has 2 aromatic rings. The predicted octanol–water partition coefficient (Wildman–Crippen LogP) is 2.94. The molecule has 21 heavy (non-hydrogen) atoms. The Morgan fingerprint density at radius 3 is 2.57 bits per heavy atom. The molecule has 5 heteroatoms. The van der Waals surface area contributed by atoms with E-state index in [0.29, 0.717) is 11.3 Å². The van der Waals surface area contributed by atoms with Gasteiger partial charge in [-0.05, 0) is 36.4 Å². The number of hydrogen-bond donors (Lipinski definition) is 2. The molecule has 0 saturated heterocycles. The molecule has 1 aliphatic heterocycles. The molecule has 2 aromatic carbocycles. The van der Waals surface area contributed by atoms with Crippen LogP contribution in [0.1, 0.15) is 10.4 Å². The second-order valence-corrected chi connectivity index (χ2v) is 4.92. The van der Waals surface area contributed by atoms with Gasteiger partial charge in [-0.1, -0.05) is 6.07 Å². The largest absolute Gasteiger partial charge is 0.382 e. The Morgan fingerprint density at radius 2 is 1.81 bits per heavy atom. The Bertz CT molecular complexity index is 670. The van der Waals surface area contributed by atoms with Crippen molar-refractivity contribution in [3.05, 3.63) is 53.8 Å². The fourth-order valence-corrected chi connectivity index (χ4v) is 2.42. The average Bonchev–Trinajstić information content (AvgIpc) is 2.53. The number of nitrogens with one attached hydrogen (secondary N) is 2. The number of hydrogen-bond acceptors (Lipinski definition) is 3. The van der Waals surface area contributed by atoms with E-state index in [4.69, 9.17) is 0 Å². The highest BCUT2D eigenvalue weighted by Crippen LogP contribution is 2.30. The molecular weight excluding hydrogens is 269 g/mol. The summed E-state index contributed by atoms with van der Waals surface area (Å²) >= 11 is 0. The highest BCUT2D eigenvalue weighted by Gasteiger charge is 2.20. The molecule has 2 N–H and O–H groups in total. The van der Waals surface area contributed by atoms with Crippen molar-refractivity contribution in [2.45, 2.75) is 0 Å². The molecule has 0 bridgehead atoms. The third-order valence-electron chi connectivity index (χ3n) is 3.56. The number of para-hydroxylation sites is 1. The summed E-state index contributed by atoms with van der Waals surface area (Å²) in [5, 5.41) is 6.52. The molecule has 0 unspecified atom stereocenters. The SMILES string of the molecule is CN(C(=O)c1cccc2c1NCCN2)c1ccc(F)cc1. The van der Waals surface area contributed by atoms with Crippen LogP contribution in [0.15, 0.2) is 42.5 Å². The van der Waals surface area contributed by atoms with Crippen LogP contribution in [-0.4, -0.2) is 26.0 Å². The number of rotatable bonds is 2. The van der Waals surface area contributed by atoms with Crippen molar-refractivity contribution in [2.75, 3.05) is 35.7 Å². The molecule has 4 nitrogen and oxygen atoms in total. The lowest BCUT2D eigenvalue weighted by atomic mass is 10.1. The summed E-state index contributed by atoms with van der Waals surface area (Å²) < 4.78 is 13.0. The minimum absolute atomic E-state index is 0.130. The van der Waals surface area contributed by atoms with E-state index in [-0.39, 0.29) is 11.7 Å². The normalized spacial score (nSPS) is 12.9. The first-order valence-electron chi connectivity index (χ1n) is 6.81. The zero-order valence-corrected chi connectivity index (χ0v) is 11.7. The third kappa shape index (κ3) is 2.54. The van der Waals surface area contributed by atoms with Crippen LogP contribution >= 0.6 is 0 Å². The van der Waals surface area contributed by atoms with Gasteiger partial charge < -0.3 is 15.5 Å². The summed E-state index contributed by atoms with van der Waals surface area (Å²) in [4.78, 5) is 14.2. The lowest BCUT2D eigenvalue weighted by Gasteiger charge is -2.24. The van der Waals surface area contributed by atoms with Crippen LogP contribution in [0.25, 0.3) is 0 Å². The maximum absolute atomic E-state index is 13.0. The molecular formula is C16H16FN3O. The number of anilines is 3. The summed E-state index contributed by atoms with van der Waals surface area (Å²) in [7, 11) is 1.69. The lowest BCUT2D eigenvalue weighted by molar-refractivity contribution is 0.0993. The molecule has 0 aliphatic carbocycles. The number of halogens is 1. The van der Waals surface area contributed by atoms with Gasteiger partial charge in [-0.25, -0.2) is 4.39 Å². The third-order valence-corrected chi connectivity index (χ3v) is 3.56. The second kappa shape index (κ2) is 5.44. The van der Waals surface area contributed by atoms with E-state index in [1.165, 1.54) is 17.0 Å². The monoisotopic (exact) mass is 285 g/mol. The molecule has 0 aromatic heterocycles. The summed E-state index contributed by atoms with van der Waals surface area (Å²) in [6, 6.07) is 11.5. The second-order valence-electron chi connectivity index (χ2n) is 4.92. The zero-order valence-electron chi connectivity index (χ0n) is 11.7. The van der Waals surface area contributed by atoms with Crippen molar-refractivity contribution in [3.8, 4) is 0 Å². The van der Waals surface area contributed by atoms with Gasteiger partial charge in [0.15, 0.2) is 0 Å². The van der Waals surface area contributed by atoms with Crippen LogP contribution in [0.2, 0.25) is 0 Å². The molecule has 0 radical (unpaired) electrons. The highest BCUT2D eigenvalue weighted by atomic mass is 19.1. The number of benzene rings is 2. The molecule has 0 fully saturated rings. The van der Waals surface area contributed by atoms with E-state index in [1.807, 2.05) is 12.1 Å². The Labute approximate surface area is 122 Å². The van der Waals surface area contributed by atoms with Crippen molar-refractivity contribution < 1.29 is 9.18 Å². The first-order valence-corrected chi connectivity index (χ1v) is 6.81. The van der Waals surface area contributed by atoms with Crippen molar-refractivity contribution in [1.29, 1.82) is 0 Å². The van der Waals surface area contributed by atoms with Gasteiger partial charge >= 0.3 is 0 Å². The smallest absolute Gasteiger partial charge is 0.260 e. The summed E-state index contributed by atoms with van der Waals surface area (Å²) in [5.41, 5.74) is 3.01. The molecule has 108 valence electrons. The molecule has 0 atom stereocenters. The zero-order chi connectivity index (χ0) is 14.8. The Hall–Kier alpha value is -2.56. The minimum Gasteiger partial charge on any atom is -0.382 e. The highest BCUT2D eigenvalue weighted by molar-refractivity contribution is 6.11. The van der Waals surface area contributed by atoms with Gasteiger partial charge in [0.1, 0.15) is 5.82 Å². The molecule has 0 spiro atoms. The van der Waals surface area contributed by atoms with Crippen molar-refractivity contribution in [3.63, 3.8) is 0 Å². The van der Waals surface area contributed by atoms with Crippen LogP contribution in [0.3, 0.4) is 0 Å². The molecule has 1 heterocycles. The van der Waals surface area contributed by atoms with Crippen LogP contribution in [-0.2, 0) is 0 Å². The van der Waals surface area contributed by atoms with Gasteiger partial charge in [-0.2, -0.15) is 0 Å². The van der Waals surface area contributed by atoms with Gasteiger partial charge in [-0.15, -0.1) is 0 Å². The quantitative estimate of drug-likeness (QED) is 0.891. The van der Waals surface area contributed by atoms with E-state index in [9.17, 15) is 9.18 Å². The Morgan fingerprint density at radius 1 is 1.10 bits per heavy atom. The maximum Gasteiger partial charge on any atom is 0.260 e. The van der Waals surface area contributed by atoms with Crippen LogP contribution in [0.4, 0.5) is 21.5 Å². The van der Waals surface area contributed by atoms with Gasteiger partial charge in [0.25, 0.3) is 5.91 Å².